The maximum Gasteiger partial charge on any atom is 0.247 e. The van der Waals surface area contributed by atoms with Gasteiger partial charge in [-0.1, -0.05) is 18.2 Å². The van der Waals surface area contributed by atoms with Gasteiger partial charge in [-0.25, -0.2) is 13.1 Å². The molecule has 0 aliphatic rings. The number of sulfonamides is 1. The Labute approximate surface area is 122 Å². The third kappa shape index (κ3) is 3.50. The van der Waals surface area contributed by atoms with E-state index in [-0.39, 0.29) is 10.5 Å². The zero-order valence-electron chi connectivity index (χ0n) is 11.7. The highest BCUT2D eigenvalue weighted by Crippen LogP contribution is 2.25. The van der Waals surface area contributed by atoms with Crippen LogP contribution in [0.5, 0.6) is 5.75 Å². The van der Waals surface area contributed by atoms with Gasteiger partial charge in [0.2, 0.25) is 15.6 Å². The fourth-order valence-corrected chi connectivity index (χ4v) is 3.14. The lowest BCUT2D eigenvalue weighted by Gasteiger charge is -2.17. The lowest BCUT2D eigenvalue weighted by atomic mass is 10.1. The van der Waals surface area contributed by atoms with Crippen molar-refractivity contribution in [1.82, 2.24) is 9.71 Å². The first-order chi connectivity index (χ1) is 9.94. The highest BCUT2D eigenvalue weighted by atomic mass is 32.2. The third-order valence-corrected chi connectivity index (χ3v) is 4.54. The number of rotatable bonds is 5. The Bertz CT molecular complexity index is 763. The van der Waals surface area contributed by atoms with Gasteiger partial charge in [0.05, 0.1) is 12.0 Å². The van der Waals surface area contributed by atoms with Gasteiger partial charge >= 0.3 is 0 Å². The summed E-state index contributed by atoms with van der Waals surface area (Å²) in [6.45, 7) is 1.72. The number of aromatic nitrogens is 1. The predicted octanol–water partition coefficient (Wildman–Crippen LogP) is 1.42. The molecule has 0 aliphatic heterocycles. The zero-order valence-corrected chi connectivity index (χ0v) is 12.5. The molecular formula is C14H16N2O4S. The number of ether oxygens (including phenoxy) is 1. The Morgan fingerprint density at radius 1 is 1.19 bits per heavy atom. The molecule has 2 aromatic rings. The number of hydrogen-bond acceptors (Lipinski definition) is 4. The van der Waals surface area contributed by atoms with Crippen LogP contribution in [0.3, 0.4) is 0 Å². The minimum atomic E-state index is -3.73. The monoisotopic (exact) mass is 308 g/mol. The standard InChI is InChI=1S/C14H16N2O4S/c1-10(12-5-3-4-6-13(12)20-2)16-21(18,19)11-7-8-14(17)15-9-11/h3-10,16H,1-2H3,(H,15,17). The molecule has 2 N–H and O–H groups in total. The summed E-state index contributed by atoms with van der Waals surface area (Å²) in [6, 6.07) is 9.13. The van der Waals surface area contributed by atoms with E-state index >= 15 is 0 Å². The van der Waals surface area contributed by atoms with Gasteiger partial charge in [0.1, 0.15) is 5.75 Å². The second-order valence-electron chi connectivity index (χ2n) is 4.47. The molecule has 0 fully saturated rings. The Kier molecular flexibility index (Phi) is 4.44. The van der Waals surface area contributed by atoms with Gasteiger partial charge in [-0.2, -0.15) is 0 Å². The summed E-state index contributed by atoms with van der Waals surface area (Å²) in [6.07, 6.45) is 1.17. The first-order valence-corrected chi connectivity index (χ1v) is 7.76. The number of H-pyrrole nitrogens is 1. The molecule has 1 aromatic carbocycles. The zero-order chi connectivity index (χ0) is 15.5. The van der Waals surface area contributed by atoms with Crippen molar-refractivity contribution in [2.75, 3.05) is 7.11 Å². The van der Waals surface area contributed by atoms with Crippen LogP contribution in [0.1, 0.15) is 18.5 Å². The van der Waals surface area contributed by atoms with Crippen LogP contribution in [0.15, 0.2) is 52.3 Å². The van der Waals surface area contributed by atoms with Crippen molar-refractivity contribution in [2.45, 2.75) is 17.9 Å². The lowest BCUT2D eigenvalue weighted by molar-refractivity contribution is 0.405. The van der Waals surface area contributed by atoms with Gasteiger partial charge in [0, 0.05) is 23.9 Å². The molecule has 7 heteroatoms. The van der Waals surface area contributed by atoms with Crippen molar-refractivity contribution >= 4 is 10.0 Å². The molecule has 0 amide bonds. The van der Waals surface area contributed by atoms with Gasteiger partial charge < -0.3 is 9.72 Å². The lowest BCUT2D eigenvalue weighted by Crippen LogP contribution is -2.27. The molecule has 6 nitrogen and oxygen atoms in total. The van der Waals surface area contributed by atoms with Crippen LogP contribution >= 0.6 is 0 Å². The molecular weight excluding hydrogens is 292 g/mol. The van der Waals surface area contributed by atoms with Gasteiger partial charge in [-0.15, -0.1) is 0 Å². The molecule has 0 aliphatic carbocycles. The summed E-state index contributed by atoms with van der Waals surface area (Å²) in [4.78, 5) is 13.3. The molecule has 0 saturated heterocycles. The van der Waals surface area contributed by atoms with Crippen molar-refractivity contribution in [3.8, 4) is 5.75 Å². The average molecular weight is 308 g/mol. The Morgan fingerprint density at radius 3 is 2.52 bits per heavy atom. The van der Waals surface area contributed by atoms with E-state index in [0.717, 1.165) is 5.56 Å². The molecule has 1 unspecified atom stereocenters. The van der Waals surface area contributed by atoms with Crippen LogP contribution in [0.25, 0.3) is 0 Å². The Balaban J connectivity index is 2.27. The first-order valence-electron chi connectivity index (χ1n) is 6.28. The topological polar surface area (TPSA) is 88.3 Å². The highest BCUT2D eigenvalue weighted by molar-refractivity contribution is 7.89. The quantitative estimate of drug-likeness (QED) is 0.874. The van der Waals surface area contributed by atoms with Gasteiger partial charge in [0.25, 0.3) is 0 Å². The molecule has 1 heterocycles. The van der Waals surface area contributed by atoms with E-state index < -0.39 is 16.1 Å². The summed E-state index contributed by atoms with van der Waals surface area (Å²) in [5.74, 6) is 0.606. The van der Waals surface area contributed by atoms with Crippen LogP contribution < -0.4 is 15.0 Å². The van der Waals surface area contributed by atoms with E-state index in [9.17, 15) is 13.2 Å². The molecule has 21 heavy (non-hydrogen) atoms. The van der Waals surface area contributed by atoms with E-state index in [0.29, 0.717) is 5.75 Å². The SMILES string of the molecule is COc1ccccc1C(C)NS(=O)(=O)c1ccc(=O)[nH]c1. The van der Waals surface area contributed by atoms with Crippen molar-refractivity contribution < 1.29 is 13.2 Å². The van der Waals surface area contributed by atoms with E-state index in [1.165, 1.54) is 25.4 Å². The number of benzene rings is 1. The fraction of sp³-hybridized carbons (Fsp3) is 0.214. The molecule has 112 valence electrons. The number of hydrogen-bond donors (Lipinski definition) is 2. The largest absolute Gasteiger partial charge is 0.496 e. The van der Waals surface area contributed by atoms with Gasteiger partial charge in [-0.3, -0.25) is 4.79 Å². The number of methoxy groups -OCH3 is 1. The first kappa shape index (κ1) is 15.3. The minimum absolute atomic E-state index is 0.00356. The normalized spacial score (nSPS) is 12.9. The molecule has 0 spiro atoms. The molecule has 1 aromatic heterocycles. The summed E-state index contributed by atoms with van der Waals surface area (Å²) in [5.41, 5.74) is 0.375. The van der Waals surface area contributed by atoms with Crippen molar-refractivity contribution in [3.05, 3.63) is 58.5 Å². The molecule has 1 atom stereocenters. The van der Waals surface area contributed by atoms with Crippen LogP contribution in [0.4, 0.5) is 0 Å². The summed E-state index contributed by atoms with van der Waals surface area (Å²) >= 11 is 0. The second-order valence-corrected chi connectivity index (χ2v) is 6.19. The molecule has 0 radical (unpaired) electrons. The van der Waals surface area contributed by atoms with Gasteiger partial charge in [-0.05, 0) is 19.1 Å². The summed E-state index contributed by atoms with van der Waals surface area (Å²) < 4.78 is 32.3. The molecule has 0 saturated carbocycles. The van der Waals surface area contributed by atoms with Crippen molar-refractivity contribution in [3.63, 3.8) is 0 Å². The van der Waals surface area contributed by atoms with E-state index in [4.69, 9.17) is 4.74 Å². The van der Waals surface area contributed by atoms with Crippen LogP contribution in [0, 0.1) is 0 Å². The van der Waals surface area contributed by atoms with E-state index in [1.54, 1.807) is 19.1 Å². The Hall–Kier alpha value is -2.12. The maximum absolute atomic E-state index is 12.3. The third-order valence-electron chi connectivity index (χ3n) is 3.00. The molecule has 2 rings (SSSR count). The second kappa shape index (κ2) is 6.11. The fourth-order valence-electron chi connectivity index (χ4n) is 1.95. The summed E-state index contributed by atoms with van der Waals surface area (Å²) in [5, 5.41) is 0. The van der Waals surface area contributed by atoms with Gasteiger partial charge in [0.15, 0.2) is 0 Å². The van der Waals surface area contributed by atoms with E-state index in [1.807, 2.05) is 12.1 Å². The maximum atomic E-state index is 12.3. The number of pyridine rings is 1. The van der Waals surface area contributed by atoms with E-state index in [2.05, 4.69) is 9.71 Å². The molecule has 0 bridgehead atoms. The average Bonchev–Trinajstić information content (AvgIpc) is 2.47. The van der Waals surface area contributed by atoms with Crippen molar-refractivity contribution in [1.29, 1.82) is 0 Å². The smallest absolute Gasteiger partial charge is 0.247 e. The Morgan fingerprint density at radius 2 is 1.90 bits per heavy atom. The minimum Gasteiger partial charge on any atom is -0.496 e. The number of aromatic amines is 1. The number of para-hydroxylation sites is 1. The number of nitrogens with one attached hydrogen (secondary N) is 2. The highest BCUT2D eigenvalue weighted by Gasteiger charge is 2.20. The van der Waals surface area contributed by atoms with Crippen LogP contribution in [-0.2, 0) is 10.0 Å². The van der Waals surface area contributed by atoms with Crippen LogP contribution in [-0.4, -0.2) is 20.5 Å². The predicted molar refractivity (Wildman–Crippen MR) is 78.8 cm³/mol. The van der Waals surface area contributed by atoms with Crippen molar-refractivity contribution in [2.24, 2.45) is 0 Å². The summed E-state index contributed by atoms with van der Waals surface area (Å²) in [7, 11) is -2.20. The van der Waals surface area contributed by atoms with Crippen LogP contribution in [0.2, 0.25) is 0 Å².